The minimum Gasteiger partial charge on any atom is -0.507 e. The lowest BCUT2D eigenvalue weighted by Crippen LogP contribution is -2.53. The summed E-state index contributed by atoms with van der Waals surface area (Å²) < 4.78 is 17.4. The van der Waals surface area contributed by atoms with E-state index in [0.29, 0.717) is 12.8 Å². The molecule has 196 valence electrons. The zero-order valence-electron chi connectivity index (χ0n) is 20.9. The molecule has 1 heterocycles. The number of ketones is 3. The molecule has 5 atom stereocenters. The van der Waals surface area contributed by atoms with Gasteiger partial charge in [0.05, 0.1) is 41.5 Å². The van der Waals surface area contributed by atoms with Gasteiger partial charge < -0.3 is 35.9 Å². The first kappa shape index (κ1) is 25.3. The first-order valence-electron chi connectivity index (χ1n) is 12.2. The van der Waals surface area contributed by atoms with Crippen LogP contribution in [0.4, 0.5) is 0 Å². The summed E-state index contributed by atoms with van der Waals surface area (Å²) in [5.41, 5.74) is 10.7. The Bertz CT molecular complexity index is 1330. The number of Topliss-reactive ketones (excluding diaryl/α,β-unsaturated/α-hetero) is 1. The fourth-order valence-corrected chi connectivity index (χ4v) is 5.76. The van der Waals surface area contributed by atoms with E-state index in [1.54, 1.807) is 6.07 Å². The van der Waals surface area contributed by atoms with Crippen LogP contribution in [0.3, 0.4) is 0 Å². The van der Waals surface area contributed by atoms with Gasteiger partial charge in [-0.1, -0.05) is 12.1 Å². The van der Waals surface area contributed by atoms with E-state index >= 15 is 0 Å². The highest BCUT2D eigenvalue weighted by molar-refractivity contribution is 6.31. The summed E-state index contributed by atoms with van der Waals surface area (Å²) in [5.74, 6) is -2.52. The van der Waals surface area contributed by atoms with E-state index in [1.165, 1.54) is 26.2 Å². The fraction of sp³-hybridized carbons (Fsp3) is 0.444. The zero-order chi connectivity index (χ0) is 26.8. The second-order valence-electron chi connectivity index (χ2n) is 10.2. The molecular weight excluding hydrogens is 480 g/mol. The first-order chi connectivity index (χ1) is 17.5. The van der Waals surface area contributed by atoms with Crippen molar-refractivity contribution in [3.8, 4) is 17.2 Å². The van der Waals surface area contributed by atoms with Crippen LogP contribution in [0.1, 0.15) is 82.2 Å². The topological polar surface area (TPSA) is 171 Å². The van der Waals surface area contributed by atoms with Gasteiger partial charge in [-0.25, -0.2) is 0 Å². The zero-order valence-corrected chi connectivity index (χ0v) is 20.9. The van der Waals surface area contributed by atoms with E-state index in [2.05, 4.69) is 0 Å². The quantitative estimate of drug-likeness (QED) is 0.381. The number of carbonyl (C=O) groups is 3. The monoisotopic (exact) mass is 510 g/mol. The average molecular weight is 511 g/mol. The number of phenolic OH excluding ortho intramolecular Hbond substituents is 2. The van der Waals surface area contributed by atoms with Crippen molar-refractivity contribution in [3.05, 3.63) is 51.6 Å². The molecular formula is C27H30N2O8. The van der Waals surface area contributed by atoms with Crippen molar-refractivity contribution in [1.29, 1.82) is 0 Å². The molecule has 37 heavy (non-hydrogen) atoms. The van der Waals surface area contributed by atoms with Gasteiger partial charge in [-0.05, 0) is 26.3 Å². The van der Waals surface area contributed by atoms with E-state index in [1.807, 2.05) is 6.92 Å². The molecule has 0 radical (unpaired) electrons. The lowest BCUT2D eigenvalue weighted by molar-refractivity contribution is -0.220. The molecule has 0 bridgehead atoms. The molecule has 10 nitrogen and oxygen atoms in total. The normalized spacial score (nSPS) is 28.8. The van der Waals surface area contributed by atoms with Crippen molar-refractivity contribution >= 4 is 17.3 Å². The Labute approximate surface area is 213 Å². The fourth-order valence-electron chi connectivity index (χ4n) is 5.76. The van der Waals surface area contributed by atoms with Crippen LogP contribution < -0.4 is 16.2 Å². The first-order valence-corrected chi connectivity index (χ1v) is 12.2. The molecule has 0 saturated carbocycles. The number of hydrogen-bond acceptors (Lipinski definition) is 10. The maximum absolute atomic E-state index is 13.6. The molecule has 2 aromatic carbocycles. The molecule has 5 rings (SSSR count). The number of hydrogen-bond donors (Lipinski definition) is 4. The Morgan fingerprint density at radius 2 is 1.81 bits per heavy atom. The maximum Gasteiger partial charge on any atom is 0.202 e. The molecule has 2 aromatic rings. The average Bonchev–Trinajstić information content (AvgIpc) is 2.83. The number of fused-ring (bicyclic) bond motifs is 3. The van der Waals surface area contributed by atoms with E-state index < -0.39 is 41.0 Å². The number of phenols is 2. The van der Waals surface area contributed by atoms with Crippen LogP contribution in [0, 0.1) is 0 Å². The van der Waals surface area contributed by atoms with Crippen LogP contribution in [0.15, 0.2) is 18.2 Å². The summed E-state index contributed by atoms with van der Waals surface area (Å²) in [6, 6.07) is 4.38. The highest BCUT2D eigenvalue weighted by Gasteiger charge is 2.48. The van der Waals surface area contributed by atoms with Crippen molar-refractivity contribution < 1.29 is 38.8 Å². The van der Waals surface area contributed by atoms with Crippen LogP contribution in [0.2, 0.25) is 0 Å². The Hall–Kier alpha value is -3.31. The smallest absolute Gasteiger partial charge is 0.202 e. The van der Waals surface area contributed by atoms with Crippen molar-refractivity contribution in [1.82, 2.24) is 0 Å². The molecule has 0 unspecified atom stereocenters. The molecule has 2 aliphatic carbocycles. The van der Waals surface area contributed by atoms with E-state index in [0.717, 1.165) is 0 Å². The summed E-state index contributed by atoms with van der Waals surface area (Å²) in [7, 11) is 1.37. The number of ether oxygens (including phenoxy) is 3. The van der Waals surface area contributed by atoms with Gasteiger partial charge in [0.1, 0.15) is 23.0 Å². The van der Waals surface area contributed by atoms with Gasteiger partial charge in [0.15, 0.2) is 12.1 Å². The van der Waals surface area contributed by atoms with Gasteiger partial charge in [0.25, 0.3) is 0 Å². The molecule has 1 aliphatic heterocycles. The summed E-state index contributed by atoms with van der Waals surface area (Å²) >= 11 is 0. The Morgan fingerprint density at radius 3 is 2.46 bits per heavy atom. The van der Waals surface area contributed by atoms with Gasteiger partial charge in [-0.2, -0.15) is 0 Å². The summed E-state index contributed by atoms with van der Waals surface area (Å²) in [4.78, 5) is 39.8. The number of nitrogens with two attached hydrogens (primary N) is 2. The Balaban J connectivity index is 1.70. The van der Waals surface area contributed by atoms with Gasteiger partial charge in [0, 0.05) is 42.0 Å². The molecule has 0 aromatic heterocycles. The van der Waals surface area contributed by atoms with Crippen LogP contribution in [0.5, 0.6) is 17.2 Å². The van der Waals surface area contributed by atoms with Crippen molar-refractivity contribution in [3.63, 3.8) is 0 Å². The third kappa shape index (κ3) is 3.91. The maximum atomic E-state index is 13.6. The van der Waals surface area contributed by atoms with Gasteiger partial charge >= 0.3 is 0 Å². The van der Waals surface area contributed by atoms with Crippen molar-refractivity contribution in [2.75, 3.05) is 7.11 Å². The minimum absolute atomic E-state index is 0.00933. The van der Waals surface area contributed by atoms with E-state index in [-0.39, 0.29) is 69.9 Å². The van der Waals surface area contributed by atoms with Gasteiger partial charge in [-0.3, -0.25) is 14.4 Å². The summed E-state index contributed by atoms with van der Waals surface area (Å²) in [6.07, 6.45) is -1.12. The highest BCUT2D eigenvalue weighted by Crippen LogP contribution is 2.52. The predicted octanol–water partition coefficient (Wildman–Crippen LogP) is 2.02. The predicted molar refractivity (Wildman–Crippen MR) is 131 cm³/mol. The van der Waals surface area contributed by atoms with Crippen LogP contribution in [-0.2, 0) is 20.7 Å². The standard InChI is InChI=1S/C27H30N2O8/c1-11-7-13(28)8-18(36-11)37-17-10-27(29,12(2)30)9-15-20(17)26(34)21-22(24(15)32)25(33)19-14(23(21)31)5-4-6-16(19)35-3/h4-6,11,13,17-18,32,34H,7-10,28-29H2,1-3H3/t11-,13+,17-,18-,27-/m0/s1. The van der Waals surface area contributed by atoms with Crippen molar-refractivity contribution in [2.24, 2.45) is 11.5 Å². The molecule has 10 heteroatoms. The van der Waals surface area contributed by atoms with E-state index in [9.17, 15) is 24.6 Å². The number of aromatic hydroxyl groups is 2. The summed E-state index contributed by atoms with van der Waals surface area (Å²) in [5, 5.41) is 22.9. The SMILES string of the molecule is COc1cccc2c1C(=O)c1c(O)c3c(c(O)c1C2=O)[C@@H](O[C@H]1C[C@H](N)C[C@H](C)O1)C[C@](N)(C(C)=O)C3. The third-order valence-electron chi connectivity index (χ3n) is 7.66. The molecule has 6 N–H and O–H groups in total. The number of benzene rings is 2. The number of methoxy groups -OCH3 is 1. The number of rotatable bonds is 4. The van der Waals surface area contributed by atoms with Crippen LogP contribution in [-0.4, -0.2) is 58.6 Å². The lowest BCUT2D eigenvalue weighted by atomic mass is 9.71. The minimum atomic E-state index is -1.45. The lowest BCUT2D eigenvalue weighted by Gasteiger charge is -2.41. The van der Waals surface area contributed by atoms with Crippen molar-refractivity contribution in [2.45, 2.75) is 69.6 Å². The molecule has 0 amide bonds. The largest absolute Gasteiger partial charge is 0.507 e. The van der Waals surface area contributed by atoms with Crippen LogP contribution in [0.25, 0.3) is 0 Å². The molecule has 3 aliphatic rings. The Morgan fingerprint density at radius 1 is 1.11 bits per heavy atom. The second kappa shape index (κ2) is 8.91. The van der Waals surface area contributed by atoms with Gasteiger partial charge in [-0.15, -0.1) is 0 Å². The Kier molecular flexibility index (Phi) is 6.11. The van der Waals surface area contributed by atoms with E-state index in [4.69, 9.17) is 25.7 Å². The molecule has 1 saturated heterocycles. The van der Waals surface area contributed by atoms with Gasteiger partial charge in [0.2, 0.25) is 5.78 Å². The second-order valence-corrected chi connectivity index (χ2v) is 10.2. The highest BCUT2D eigenvalue weighted by atomic mass is 16.7. The third-order valence-corrected chi connectivity index (χ3v) is 7.66. The molecule has 0 spiro atoms. The van der Waals surface area contributed by atoms with Crippen LogP contribution >= 0.6 is 0 Å². The number of carbonyl (C=O) groups excluding carboxylic acids is 3. The summed E-state index contributed by atoms with van der Waals surface area (Å²) in [6.45, 7) is 3.20. The molecule has 1 fully saturated rings.